The van der Waals surface area contributed by atoms with Crippen molar-refractivity contribution in [1.82, 2.24) is 4.90 Å². The van der Waals surface area contributed by atoms with Gasteiger partial charge in [-0.3, -0.25) is 14.5 Å². The van der Waals surface area contributed by atoms with Gasteiger partial charge in [-0.1, -0.05) is 24.3 Å². The quantitative estimate of drug-likeness (QED) is 0.684. The molecule has 2 aromatic carbocycles. The number of aromatic hydroxyl groups is 1. The fraction of sp³-hybridized carbons (Fsp3) is 0.167. The minimum atomic E-state index is -1.09. The third-order valence-electron chi connectivity index (χ3n) is 3.95. The number of carbonyl (C=O) groups excluding carboxylic acids is 3. The Morgan fingerprint density at radius 1 is 1.08 bits per heavy atom. The zero-order chi connectivity index (χ0) is 17.3. The number of benzene rings is 2. The van der Waals surface area contributed by atoms with E-state index in [0.29, 0.717) is 5.56 Å². The predicted molar refractivity (Wildman–Crippen MR) is 84.6 cm³/mol. The average molecular weight is 325 g/mol. The number of ether oxygens (including phenoxy) is 1. The second-order valence-corrected chi connectivity index (χ2v) is 5.44. The highest BCUT2D eigenvalue weighted by atomic mass is 16.5. The van der Waals surface area contributed by atoms with Gasteiger partial charge in [-0.15, -0.1) is 0 Å². The molecular formula is C18H15NO5. The summed E-state index contributed by atoms with van der Waals surface area (Å²) >= 11 is 0. The molecule has 0 saturated heterocycles. The highest BCUT2D eigenvalue weighted by Gasteiger charge is 2.43. The van der Waals surface area contributed by atoms with Crippen LogP contribution in [0.25, 0.3) is 0 Å². The molecule has 0 unspecified atom stereocenters. The molecule has 1 N–H and O–H groups in total. The minimum absolute atomic E-state index is 0.0403. The molecule has 0 spiro atoms. The van der Waals surface area contributed by atoms with Gasteiger partial charge in [0.1, 0.15) is 11.8 Å². The van der Waals surface area contributed by atoms with Crippen LogP contribution in [0.1, 0.15) is 26.3 Å². The van der Waals surface area contributed by atoms with Gasteiger partial charge in [0.25, 0.3) is 11.8 Å². The lowest BCUT2D eigenvalue weighted by molar-refractivity contribution is -0.145. The summed E-state index contributed by atoms with van der Waals surface area (Å²) < 4.78 is 4.78. The maximum Gasteiger partial charge on any atom is 0.329 e. The minimum Gasteiger partial charge on any atom is -0.508 e. The molecule has 1 atom stereocenters. The Labute approximate surface area is 138 Å². The van der Waals surface area contributed by atoms with Crippen LogP contribution in [0.4, 0.5) is 0 Å². The summed E-state index contributed by atoms with van der Waals surface area (Å²) in [4.78, 5) is 38.3. The van der Waals surface area contributed by atoms with Crippen molar-refractivity contribution in [3.05, 3.63) is 65.2 Å². The van der Waals surface area contributed by atoms with E-state index in [1.54, 1.807) is 36.4 Å². The highest BCUT2D eigenvalue weighted by molar-refractivity contribution is 6.22. The van der Waals surface area contributed by atoms with Gasteiger partial charge in [0.05, 0.1) is 18.2 Å². The number of fused-ring (bicyclic) bond motifs is 1. The molecule has 1 aliphatic heterocycles. The zero-order valence-electron chi connectivity index (χ0n) is 12.9. The number of amides is 2. The topological polar surface area (TPSA) is 83.9 Å². The van der Waals surface area contributed by atoms with Crippen molar-refractivity contribution < 1.29 is 24.2 Å². The van der Waals surface area contributed by atoms with E-state index in [4.69, 9.17) is 4.74 Å². The summed E-state index contributed by atoms with van der Waals surface area (Å²) in [6, 6.07) is 11.6. The summed E-state index contributed by atoms with van der Waals surface area (Å²) in [6.45, 7) is 0. The SMILES string of the molecule is COC(=O)[C@H](Cc1cccc(O)c1)N1C(=O)c2ccccc2C1=O. The Kier molecular flexibility index (Phi) is 4.04. The number of phenols is 1. The lowest BCUT2D eigenvalue weighted by Crippen LogP contribution is -2.46. The van der Waals surface area contributed by atoms with Gasteiger partial charge in [0, 0.05) is 6.42 Å². The molecule has 0 aliphatic carbocycles. The van der Waals surface area contributed by atoms with Gasteiger partial charge in [-0.05, 0) is 29.8 Å². The molecule has 0 saturated carbocycles. The van der Waals surface area contributed by atoms with Crippen molar-refractivity contribution in [1.29, 1.82) is 0 Å². The van der Waals surface area contributed by atoms with Crippen molar-refractivity contribution in [2.45, 2.75) is 12.5 Å². The zero-order valence-corrected chi connectivity index (χ0v) is 12.9. The molecule has 24 heavy (non-hydrogen) atoms. The van der Waals surface area contributed by atoms with Gasteiger partial charge in [-0.25, -0.2) is 4.79 Å². The Hall–Kier alpha value is -3.15. The first-order valence-electron chi connectivity index (χ1n) is 7.35. The molecular weight excluding hydrogens is 310 g/mol. The molecule has 0 bridgehead atoms. The molecule has 0 aromatic heterocycles. The van der Waals surface area contributed by atoms with E-state index in [1.807, 2.05) is 0 Å². The van der Waals surface area contributed by atoms with Crippen molar-refractivity contribution in [2.75, 3.05) is 7.11 Å². The molecule has 0 radical (unpaired) electrons. The number of methoxy groups -OCH3 is 1. The van der Waals surface area contributed by atoms with Gasteiger partial charge in [0.15, 0.2) is 0 Å². The number of hydrogen-bond acceptors (Lipinski definition) is 5. The first kappa shape index (κ1) is 15.7. The normalized spacial score (nSPS) is 14.5. The summed E-state index contributed by atoms with van der Waals surface area (Å²) in [5.74, 6) is -1.69. The molecule has 6 heteroatoms. The van der Waals surface area contributed by atoms with E-state index in [9.17, 15) is 19.5 Å². The van der Waals surface area contributed by atoms with Crippen LogP contribution in [0, 0.1) is 0 Å². The Morgan fingerprint density at radius 2 is 1.71 bits per heavy atom. The van der Waals surface area contributed by atoms with Crippen molar-refractivity contribution in [3.8, 4) is 5.75 Å². The molecule has 6 nitrogen and oxygen atoms in total. The van der Waals surface area contributed by atoms with Crippen LogP contribution in [0.5, 0.6) is 5.75 Å². The van der Waals surface area contributed by atoms with Gasteiger partial charge < -0.3 is 9.84 Å². The van der Waals surface area contributed by atoms with E-state index in [2.05, 4.69) is 0 Å². The molecule has 1 aliphatic rings. The number of hydrogen-bond donors (Lipinski definition) is 1. The van der Waals surface area contributed by atoms with Crippen molar-refractivity contribution >= 4 is 17.8 Å². The summed E-state index contributed by atoms with van der Waals surface area (Å²) in [5, 5.41) is 9.57. The number of imide groups is 1. The largest absolute Gasteiger partial charge is 0.508 e. The number of phenolic OH excluding ortho intramolecular Hbond substituents is 1. The fourth-order valence-corrected chi connectivity index (χ4v) is 2.81. The molecule has 0 fully saturated rings. The van der Waals surface area contributed by atoms with E-state index in [-0.39, 0.29) is 23.3 Å². The summed E-state index contributed by atoms with van der Waals surface area (Å²) in [6.07, 6.45) is 0.0620. The van der Waals surface area contributed by atoms with Crippen LogP contribution < -0.4 is 0 Å². The van der Waals surface area contributed by atoms with E-state index >= 15 is 0 Å². The third kappa shape index (κ3) is 2.62. The maximum absolute atomic E-state index is 12.6. The van der Waals surface area contributed by atoms with Gasteiger partial charge in [0.2, 0.25) is 0 Å². The Balaban J connectivity index is 1.97. The van der Waals surface area contributed by atoms with Gasteiger partial charge in [-0.2, -0.15) is 0 Å². The van der Waals surface area contributed by atoms with E-state index in [0.717, 1.165) is 4.90 Å². The first-order valence-corrected chi connectivity index (χ1v) is 7.35. The Bertz CT molecular complexity index is 795. The maximum atomic E-state index is 12.6. The average Bonchev–Trinajstić information content (AvgIpc) is 2.84. The Morgan fingerprint density at radius 3 is 2.25 bits per heavy atom. The van der Waals surface area contributed by atoms with Crippen LogP contribution >= 0.6 is 0 Å². The molecule has 2 aromatic rings. The van der Waals surface area contributed by atoms with Crippen LogP contribution in [0.3, 0.4) is 0 Å². The van der Waals surface area contributed by atoms with E-state index < -0.39 is 23.8 Å². The number of carbonyl (C=O) groups is 3. The lowest BCUT2D eigenvalue weighted by atomic mass is 10.0. The molecule has 2 amide bonds. The second-order valence-electron chi connectivity index (χ2n) is 5.44. The molecule has 3 rings (SSSR count). The monoisotopic (exact) mass is 325 g/mol. The molecule has 1 heterocycles. The van der Waals surface area contributed by atoms with Gasteiger partial charge >= 0.3 is 5.97 Å². The summed E-state index contributed by atoms with van der Waals surface area (Å²) in [7, 11) is 1.20. The predicted octanol–water partition coefficient (Wildman–Crippen LogP) is 1.77. The second kappa shape index (κ2) is 6.16. The standard InChI is InChI=1S/C18H15NO5/c1-24-18(23)15(10-11-5-4-6-12(20)9-11)19-16(21)13-7-2-3-8-14(13)17(19)22/h2-9,15,20H,10H2,1H3/t15-/m0/s1. The first-order chi connectivity index (χ1) is 11.5. The highest BCUT2D eigenvalue weighted by Crippen LogP contribution is 2.26. The smallest absolute Gasteiger partial charge is 0.329 e. The molecule has 122 valence electrons. The van der Waals surface area contributed by atoms with Crippen LogP contribution in [-0.2, 0) is 16.0 Å². The van der Waals surface area contributed by atoms with Crippen LogP contribution in [0.15, 0.2) is 48.5 Å². The number of nitrogens with zero attached hydrogens (tertiary/aromatic N) is 1. The third-order valence-corrected chi connectivity index (χ3v) is 3.95. The van der Waals surface area contributed by atoms with Crippen LogP contribution in [-0.4, -0.2) is 40.9 Å². The summed E-state index contributed by atoms with van der Waals surface area (Å²) in [5.41, 5.74) is 1.15. The lowest BCUT2D eigenvalue weighted by Gasteiger charge is -2.24. The van der Waals surface area contributed by atoms with Crippen molar-refractivity contribution in [3.63, 3.8) is 0 Å². The van der Waals surface area contributed by atoms with Crippen molar-refractivity contribution in [2.24, 2.45) is 0 Å². The van der Waals surface area contributed by atoms with E-state index in [1.165, 1.54) is 19.2 Å². The fourth-order valence-electron chi connectivity index (χ4n) is 2.81. The number of rotatable bonds is 4. The van der Waals surface area contributed by atoms with Crippen LogP contribution in [0.2, 0.25) is 0 Å². The number of esters is 1.